The molecule has 1 aliphatic heterocycles. The number of anilines is 1. The molecule has 1 atom stereocenters. The van der Waals surface area contributed by atoms with Crippen LogP contribution in [-0.4, -0.2) is 24.5 Å². The summed E-state index contributed by atoms with van der Waals surface area (Å²) >= 11 is 0. The van der Waals surface area contributed by atoms with Gasteiger partial charge in [0.25, 0.3) is 0 Å². The first-order valence-electron chi connectivity index (χ1n) is 6.33. The van der Waals surface area contributed by atoms with Gasteiger partial charge < -0.3 is 10.2 Å². The molecule has 1 heterocycles. The summed E-state index contributed by atoms with van der Waals surface area (Å²) in [6.07, 6.45) is 0.771. The molecule has 3 nitrogen and oxygen atoms in total. The van der Waals surface area contributed by atoms with Crippen LogP contribution in [-0.2, 0) is 4.79 Å². The highest BCUT2D eigenvalue weighted by atomic mass is 19.1. The minimum Gasteiger partial charge on any atom is -0.311 e. The van der Waals surface area contributed by atoms with Crippen LogP contribution in [0.15, 0.2) is 18.2 Å². The molecule has 4 heteroatoms. The lowest BCUT2D eigenvalue weighted by atomic mass is 10.1. The van der Waals surface area contributed by atoms with Gasteiger partial charge in [-0.05, 0) is 25.5 Å². The van der Waals surface area contributed by atoms with Crippen molar-refractivity contribution < 1.29 is 9.18 Å². The second-order valence-corrected chi connectivity index (χ2v) is 5.04. The summed E-state index contributed by atoms with van der Waals surface area (Å²) in [5, 5.41) is 3.24. The van der Waals surface area contributed by atoms with Gasteiger partial charge in [-0.15, -0.1) is 0 Å². The standard InChI is InChI=1S/C14H19FN2O/c1-9(2)16-12-7-8-17(14(12)18)13-6-4-5-11(15)10(13)3/h4-6,9,12,16H,7-8H2,1-3H3. The topological polar surface area (TPSA) is 32.3 Å². The highest BCUT2D eigenvalue weighted by Crippen LogP contribution is 2.26. The first kappa shape index (κ1) is 13.0. The highest BCUT2D eigenvalue weighted by molar-refractivity contribution is 6.00. The number of benzene rings is 1. The van der Waals surface area contributed by atoms with Crippen molar-refractivity contribution in [3.8, 4) is 0 Å². The van der Waals surface area contributed by atoms with E-state index in [0.717, 1.165) is 6.42 Å². The fourth-order valence-electron chi connectivity index (χ4n) is 2.36. The van der Waals surface area contributed by atoms with Crippen LogP contribution < -0.4 is 10.2 Å². The molecule has 1 N–H and O–H groups in total. The third-order valence-corrected chi connectivity index (χ3v) is 3.27. The van der Waals surface area contributed by atoms with Gasteiger partial charge in [0.05, 0.1) is 6.04 Å². The van der Waals surface area contributed by atoms with Crippen molar-refractivity contribution in [3.05, 3.63) is 29.6 Å². The molecule has 1 saturated heterocycles. The zero-order chi connectivity index (χ0) is 13.3. The molecule has 0 radical (unpaired) electrons. The van der Waals surface area contributed by atoms with Crippen LogP contribution in [0.25, 0.3) is 0 Å². The summed E-state index contributed by atoms with van der Waals surface area (Å²) in [4.78, 5) is 13.9. The van der Waals surface area contributed by atoms with E-state index in [1.54, 1.807) is 24.0 Å². The summed E-state index contributed by atoms with van der Waals surface area (Å²) in [5.41, 5.74) is 1.23. The number of carbonyl (C=O) groups is 1. The number of hydrogen-bond donors (Lipinski definition) is 1. The number of rotatable bonds is 3. The number of amides is 1. The average molecular weight is 250 g/mol. The van der Waals surface area contributed by atoms with Crippen molar-refractivity contribution >= 4 is 11.6 Å². The maximum Gasteiger partial charge on any atom is 0.244 e. The van der Waals surface area contributed by atoms with E-state index < -0.39 is 0 Å². The van der Waals surface area contributed by atoms with E-state index in [1.807, 2.05) is 13.8 Å². The molecule has 0 aromatic heterocycles. The number of nitrogens with one attached hydrogen (secondary N) is 1. The number of hydrogen-bond acceptors (Lipinski definition) is 2. The van der Waals surface area contributed by atoms with Gasteiger partial charge in [-0.1, -0.05) is 19.9 Å². The Kier molecular flexibility index (Phi) is 3.66. The molecule has 18 heavy (non-hydrogen) atoms. The molecule has 0 saturated carbocycles. The van der Waals surface area contributed by atoms with Gasteiger partial charge in [0.2, 0.25) is 5.91 Å². The Balaban J connectivity index is 2.21. The highest BCUT2D eigenvalue weighted by Gasteiger charge is 2.33. The summed E-state index contributed by atoms with van der Waals surface area (Å²) in [6, 6.07) is 4.99. The predicted molar refractivity (Wildman–Crippen MR) is 70.2 cm³/mol. The smallest absolute Gasteiger partial charge is 0.244 e. The van der Waals surface area contributed by atoms with Crippen LogP contribution >= 0.6 is 0 Å². The lowest BCUT2D eigenvalue weighted by Crippen LogP contribution is -2.41. The van der Waals surface area contributed by atoms with Crippen molar-refractivity contribution in [2.75, 3.05) is 11.4 Å². The number of carbonyl (C=O) groups excluding carboxylic acids is 1. The quantitative estimate of drug-likeness (QED) is 0.892. The first-order valence-corrected chi connectivity index (χ1v) is 6.33. The Morgan fingerprint density at radius 1 is 1.44 bits per heavy atom. The van der Waals surface area contributed by atoms with Gasteiger partial charge in [0.15, 0.2) is 0 Å². The normalized spacial score (nSPS) is 19.9. The van der Waals surface area contributed by atoms with E-state index in [1.165, 1.54) is 6.07 Å². The van der Waals surface area contributed by atoms with E-state index in [9.17, 15) is 9.18 Å². The van der Waals surface area contributed by atoms with Gasteiger partial charge in [-0.25, -0.2) is 4.39 Å². The minimum atomic E-state index is -0.263. The second kappa shape index (κ2) is 5.06. The van der Waals surface area contributed by atoms with Crippen molar-refractivity contribution in [2.24, 2.45) is 0 Å². The van der Waals surface area contributed by atoms with E-state index in [2.05, 4.69) is 5.32 Å². The fraction of sp³-hybridized carbons (Fsp3) is 0.500. The van der Waals surface area contributed by atoms with Crippen molar-refractivity contribution in [2.45, 2.75) is 39.3 Å². The van der Waals surface area contributed by atoms with Crippen LogP contribution in [0.3, 0.4) is 0 Å². The molecule has 1 amide bonds. The third kappa shape index (κ3) is 2.38. The largest absolute Gasteiger partial charge is 0.311 e. The van der Waals surface area contributed by atoms with Gasteiger partial charge in [-0.3, -0.25) is 4.79 Å². The van der Waals surface area contributed by atoms with Crippen molar-refractivity contribution in [1.82, 2.24) is 5.32 Å². The lowest BCUT2D eigenvalue weighted by molar-refractivity contribution is -0.118. The SMILES string of the molecule is Cc1c(F)cccc1N1CCC(NC(C)C)C1=O. The van der Waals surface area contributed by atoms with E-state index in [4.69, 9.17) is 0 Å². The molecule has 1 aromatic carbocycles. The molecule has 0 spiro atoms. The maximum atomic E-state index is 13.5. The Hall–Kier alpha value is -1.42. The summed E-state index contributed by atoms with van der Waals surface area (Å²) < 4.78 is 13.5. The molecule has 1 aliphatic rings. The minimum absolute atomic E-state index is 0.0393. The lowest BCUT2D eigenvalue weighted by Gasteiger charge is -2.20. The predicted octanol–water partition coefficient (Wildman–Crippen LogP) is 2.24. The molecule has 1 fully saturated rings. The Bertz CT molecular complexity index is 459. The van der Waals surface area contributed by atoms with Crippen LogP contribution in [0.2, 0.25) is 0 Å². The van der Waals surface area contributed by atoms with Crippen molar-refractivity contribution in [1.29, 1.82) is 0 Å². The summed E-state index contributed by atoms with van der Waals surface area (Å²) in [6.45, 7) is 6.39. The van der Waals surface area contributed by atoms with Crippen LogP contribution in [0, 0.1) is 12.7 Å². The number of halogens is 1. The summed E-state index contributed by atoms with van der Waals surface area (Å²) in [5.74, 6) is -0.224. The number of nitrogens with zero attached hydrogens (tertiary/aromatic N) is 1. The Morgan fingerprint density at radius 2 is 2.17 bits per heavy atom. The molecule has 1 unspecified atom stereocenters. The van der Waals surface area contributed by atoms with Crippen LogP contribution in [0.5, 0.6) is 0 Å². The molecule has 0 bridgehead atoms. The van der Waals surface area contributed by atoms with Gasteiger partial charge in [0.1, 0.15) is 5.82 Å². The van der Waals surface area contributed by atoms with Gasteiger partial charge in [-0.2, -0.15) is 0 Å². The molecular formula is C14H19FN2O. The Morgan fingerprint density at radius 3 is 2.83 bits per heavy atom. The van der Waals surface area contributed by atoms with Gasteiger partial charge in [0, 0.05) is 23.8 Å². The molecule has 0 aliphatic carbocycles. The fourth-order valence-corrected chi connectivity index (χ4v) is 2.36. The Labute approximate surface area is 107 Å². The zero-order valence-electron chi connectivity index (χ0n) is 11.0. The van der Waals surface area contributed by atoms with E-state index in [0.29, 0.717) is 17.8 Å². The second-order valence-electron chi connectivity index (χ2n) is 5.04. The van der Waals surface area contributed by atoms with Gasteiger partial charge >= 0.3 is 0 Å². The zero-order valence-corrected chi connectivity index (χ0v) is 11.0. The van der Waals surface area contributed by atoms with Crippen molar-refractivity contribution in [3.63, 3.8) is 0 Å². The van der Waals surface area contributed by atoms with Crippen LogP contribution in [0.4, 0.5) is 10.1 Å². The molecule has 2 rings (SSSR count). The summed E-state index contributed by atoms with van der Waals surface area (Å²) in [7, 11) is 0. The molecule has 98 valence electrons. The third-order valence-electron chi connectivity index (χ3n) is 3.27. The van der Waals surface area contributed by atoms with E-state index in [-0.39, 0.29) is 23.8 Å². The monoisotopic (exact) mass is 250 g/mol. The van der Waals surface area contributed by atoms with E-state index >= 15 is 0 Å². The average Bonchev–Trinajstić information content (AvgIpc) is 2.64. The molecular weight excluding hydrogens is 231 g/mol. The maximum absolute atomic E-state index is 13.5. The van der Waals surface area contributed by atoms with Crippen LogP contribution in [0.1, 0.15) is 25.8 Å². The molecule has 1 aromatic rings. The first-order chi connectivity index (χ1) is 8.50.